The van der Waals surface area contributed by atoms with E-state index < -0.39 is 6.10 Å². The molecule has 3 nitrogen and oxygen atoms in total. The number of carbonyl (C=O) groups excluding carboxylic acids is 1. The van der Waals surface area contributed by atoms with Gasteiger partial charge in [-0.05, 0) is 27.7 Å². The van der Waals surface area contributed by atoms with Crippen LogP contribution in [0.15, 0.2) is 0 Å². The topological polar surface area (TPSA) is 35.5 Å². The molecule has 0 aromatic rings. The third-order valence-electron chi connectivity index (χ3n) is 1.06. The van der Waals surface area contributed by atoms with Crippen molar-refractivity contribution in [3.63, 3.8) is 0 Å². The second kappa shape index (κ2) is 3.72. The Morgan fingerprint density at radius 1 is 1.36 bits per heavy atom. The Bertz CT molecular complexity index is 135. The molecule has 0 rings (SSSR count). The molecule has 11 heavy (non-hydrogen) atoms. The normalized spacial score (nSPS) is 14.3. The Labute approximate surface area is 67.7 Å². The van der Waals surface area contributed by atoms with Crippen molar-refractivity contribution in [1.29, 1.82) is 0 Å². The van der Waals surface area contributed by atoms with Crippen LogP contribution in [0.3, 0.4) is 0 Å². The third-order valence-corrected chi connectivity index (χ3v) is 1.06. The van der Waals surface area contributed by atoms with Gasteiger partial charge in [-0.1, -0.05) is 0 Å². The molecule has 0 saturated carbocycles. The van der Waals surface area contributed by atoms with Crippen molar-refractivity contribution in [3.8, 4) is 0 Å². The van der Waals surface area contributed by atoms with Crippen LogP contribution in [0.5, 0.6) is 0 Å². The van der Waals surface area contributed by atoms with Gasteiger partial charge in [0.25, 0.3) is 0 Å². The highest BCUT2D eigenvalue weighted by molar-refractivity contribution is 5.73. The molecule has 0 aromatic carbocycles. The highest BCUT2D eigenvalue weighted by Gasteiger charge is 2.20. The van der Waals surface area contributed by atoms with Crippen molar-refractivity contribution in [3.05, 3.63) is 0 Å². The van der Waals surface area contributed by atoms with Crippen LogP contribution in [0, 0.1) is 0 Å². The Hall–Kier alpha value is -0.570. The average molecular weight is 160 g/mol. The predicted octanol–water partition coefficient (Wildman–Crippen LogP) is 1.36. The van der Waals surface area contributed by atoms with Crippen LogP contribution in [0.2, 0.25) is 0 Å². The van der Waals surface area contributed by atoms with Crippen LogP contribution >= 0.6 is 0 Å². The summed E-state index contributed by atoms with van der Waals surface area (Å²) in [6.45, 7) is 7.36. The van der Waals surface area contributed by atoms with Gasteiger partial charge in [0, 0.05) is 0 Å². The molecule has 0 spiro atoms. The fraction of sp³-hybridized carbons (Fsp3) is 0.875. The quantitative estimate of drug-likeness (QED) is 0.572. The standard InChI is InChI=1S/C8H16O3/c1-6(7(9)10-5)11-8(2,3)4/h6H,1-5H3. The first-order valence-corrected chi connectivity index (χ1v) is 3.62. The van der Waals surface area contributed by atoms with Crippen molar-refractivity contribution in [2.75, 3.05) is 7.11 Å². The Balaban J connectivity index is 3.87. The van der Waals surface area contributed by atoms with Gasteiger partial charge in [-0.3, -0.25) is 0 Å². The summed E-state index contributed by atoms with van der Waals surface area (Å²) in [6.07, 6.45) is -0.486. The first kappa shape index (κ1) is 10.4. The molecule has 0 aliphatic carbocycles. The second-order valence-electron chi connectivity index (χ2n) is 3.40. The molecule has 1 atom stereocenters. The van der Waals surface area contributed by atoms with E-state index in [2.05, 4.69) is 4.74 Å². The lowest BCUT2D eigenvalue weighted by molar-refractivity contribution is -0.161. The molecule has 0 aromatic heterocycles. The molecule has 3 heteroatoms. The molecule has 0 bridgehead atoms. The monoisotopic (exact) mass is 160 g/mol. The Morgan fingerprint density at radius 3 is 2.09 bits per heavy atom. The highest BCUT2D eigenvalue weighted by atomic mass is 16.6. The number of carbonyl (C=O) groups is 1. The maximum Gasteiger partial charge on any atom is 0.334 e. The zero-order valence-corrected chi connectivity index (χ0v) is 7.80. The lowest BCUT2D eigenvalue weighted by atomic mass is 10.2. The lowest BCUT2D eigenvalue weighted by Crippen LogP contribution is -2.31. The Morgan fingerprint density at radius 2 is 1.82 bits per heavy atom. The van der Waals surface area contributed by atoms with E-state index in [4.69, 9.17) is 4.74 Å². The SMILES string of the molecule is COC(=O)C(C)OC(C)(C)C. The second-order valence-corrected chi connectivity index (χ2v) is 3.40. The third kappa shape index (κ3) is 4.79. The van der Waals surface area contributed by atoms with Gasteiger partial charge >= 0.3 is 5.97 Å². The van der Waals surface area contributed by atoms with Gasteiger partial charge in [0.1, 0.15) is 0 Å². The summed E-state index contributed by atoms with van der Waals surface area (Å²) in [5.74, 6) is -0.333. The van der Waals surface area contributed by atoms with Crippen LogP contribution in [-0.2, 0) is 14.3 Å². The predicted molar refractivity (Wildman–Crippen MR) is 42.3 cm³/mol. The van der Waals surface area contributed by atoms with Crippen LogP contribution < -0.4 is 0 Å². The summed E-state index contributed by atoms with van der Waals surface area (Å²) in [5, 5.41) is 0. The van der Waals surface area contributed by atoms with E-state index in [9.17, 15) is 4.79 Å². The summed E-state index contributed by atoms with van der Waals surface area (Å²) in [5.41, 5.74) is -0.298. The molecule has 0 aliphatic rings. The molecule has 0 aliphatic heterocycles. The molecule has 0 N–H and O–H groups in total. The highest BCUT2D eigenvalue weighted by Crippen LogP contribution is 2.10. The van der Waals surface area contributed by atoms with Gasteiger partial charge in [-0.25, -0.2) is 4.79 Å². The fourth-order valence-corrected chi connectivity index (χ4v) is 0.744. The minimum Gasteiger partial charge on any atom is -0.467 e. The molecule has 1 unspecified atom stereocenters. The zero-order valence-electron chi connectivity index (χ0n) is 7.80. The minimum atomic E-state index is -0.486. The van der Waals surface area contributed by atoms with Gasteiger partial charge in [-0.15, -0.1) is 0 Å². The lowest BCUT2D eigenvalue weighted by Gasteiger charge is -2.23. The number of rotatable bonds is 2. The van der Waals surface area contributed by atoms with Gasteiger partial charge in [0.05, 0.1) is 12.7 Å². The van der Waals surface area contributed by atoms with E-state index in [1.165, 1.54) is 7.11 Å². The molecular weight excluding hydrogens is 144 g/mol. The van der Waals surface area contributed by atoms with Crippen molar-refractivity contribution in [1.82, 2.24) is 0 Å². The summed E-state index contributed by atoms with van der Waals surface area (Å²) in [6, 6.07) is 0. The van der Waals surface area contributed by atoms with E-state index in [1.54, 1.807) is 6.92 Å². The average Bonchev–Trinajstić information content (AvgIpc) is 1.82. The molecule has 0 saturated heterocycles. The van der Waals surface area contributed by atoms with E-state index in [-0.39, 0.29) is 11.6 Å². The molecule has 0 fully saturated rings. The fourth-order valence-electron chi connectivity index (χ4n) is 0.744. The van der Waals surface area contributed by atoms with E-state index in [1.807, 2.05) is 20.8 Å². The summed E-state index contributed by atoms with van der Waals surface area (Å²) < 4.78 is 9.81. The van der Waals surface area contributed by atoms with Crippen molar-refractivity contribution < 1.29 is 14.3 Å². The summed E-state index contributed by atoms with van der Waals surface area (Å²) >= 11 is 0. The molecular formula is C8H16O3. The number of hydrogen-bond donors (Lipinski definition) is 0. The smallest absolute Gasteiger partial charge is 0.334 e. The first-order valence-electron chi connectivity index (χ1n) is 3.62. The molecule has 0 amide bonds. The van der Waals surface area contributed by atoms with Gasteiger partial charge in [0.15, 0.2) is 6.10 Å². The van der Waals surface area contributed by atoms with Crippen molar-refractivity contribution >= 4 is 5.97 Å². The summed E-state index contributed by atoms with van der Waals surface area (Å²) in [4.78, 5) is 10.8. The van der Waals surface area contributed by atoms with Crippen molar-refractivity contribution in [2.24, 2.45) is 0 Å². The molecule has 0 heterocycles. The van der Waals surface area contributed by atoms with E-state index in [0.29, 0.717) is 0 Å². The zero-order chi connectivity index (χ0) is 9.07. The largest absolute Gasteiger partial charge is 0.467 e. The van der Waals surface area contributed by atoms with E-state index >= 15 is 0 Å². The first-order chi connectivity index (χ1) is 4.87. The van der Waals surface area contributed by atoms with Crippen molar-refractivity contribution in [2.45, 2.75) is 39.4 Å². The van der Waals surface area contributed by atoms with Crippen LogP contribution in [0.25, 0.3) is 0 Å². The van der Waals surface area contributed by atoms with Gasteiger partial charge in [0.2, 0.25) is 0 Å². The number of methoxy groups -OCH3 is 1. The van der Waals surface area contributed by atoms with Crippen LogP contribution in [0.1, 0.15) is 27.7 Å². The van der Waals surface area contributed by atoms with Gasteiger partial charge < -0.3 is 9.47 Å². The summed E-state index contributed by atoms with van der Waals surface area (Å²) in [7, 11) is 1.35. The maximum absolute atomic E-state index is 10.8. The number of esters is 1. The minimum absolute atomic E-state index is 0.298. The number of hydrogen-bond acceptors (Lipinski definition) is 3. The number of ether oxygens (including phenoxy) is 2. The Kier molecular flexibility index (Phi) is 3.52. The molecule has 0 radical (unpaired) electrons. The molecule has 66 valence electrons. The van der Waals surface area contributed by atoms with Crippen LogP contribution in [-0.4, -0.2) is 24.8 Å². The van der Waals surface area contributed by atoms with E-state index in [0.717, 1.165) is 0 Å². The van der Waals surface area contributed by atoms with Gasteiger partial charge in [-0.2, -0.15) is 0 Å². The maximum atomic E-state index is 10.8. The van der Waals surface area contributed by atoms with Crippen LogP contribution in [0.4, 0.5) is 0 Å².